The van der Waals surface area contributed by atoms with E-state index in [0.717, 1.165) is 24.5 Å². The van der Waals surface area contributed by atoms with Gasteiger partial charge in [-0.15, -0.1) is 5.10 Å². The van der Waals surface area contributed by atoms with Gasteiger partial charge in [-0.25, -0.2) is 9.67 Å². The second kappa shape index (κ2) is 10.9. The van der Waals surface area contributed by atoms with E-state index >= 15 is 0 Å². The van der Waals surface area contributed by atoms with Crippen LogP contribution in [0.5, 0.6) is 0 Å². The molecule has 3 heterocycles. The molecule has 1 amide bonds. The van der Waals surface area contributed by atoms with E-state index < -0.39 is 6.29 Å². The lowest BCUT2D eigenvalue weighted by Gasteiger charge is -2.27. The number of hydrogen-bond donors (Lipinski definition) is 1. The van der Waals surface area contributed by atoms with E-state index in [0.29, 0.717) is 26.3 Å². The fraction of sp³-hybridized carbons (Fsp3) is 0.600. The van der Waals surface area contributed by atoms with Crippen LogP contribution in [0.25, 0.3) is 0 Å². The number of nitrogens with one attached hydrogen (secondary N) is 1. The molecule has 3 rings (SSSR count). The molecule has 9 heteroatoms. The predicted molar refractivity (Wildman–Crippen MR) is 109 cm³/mol. The van der Waals surface area contributed by atoms with E-state index in [4.69, 9.17) is 9.47 Å². The molecule has 0 bridgehead atoms. The summed E-state index contributed by atoms with van der Waals surface area (Å²) in [5.41, 5.74) is 1.27. The molecule has 1 fully saturated rings. The molecule has 1 aliphatic rings. The third-order valence-electron chi connectivity index (χ3n) is 4.76. The number of rotatable bonds is 10. The van der Waals surface area contributed by atoms with Gasteiger partial charge >= 0.3 is 0 Å². The van der Waals surface area contributed by atoms with Gasteiger partial charge in [0.15, 0.2) is 12.0 Å². The first-order chi connectivity index (χ1) is 14.2. The van der Waals surface area contributed by atoms with Crippen LogP contribution in [0.3, 0.4) is 0 Å². The number of pyridine rings is 1. The number of piperidine rings is 1. The molecule has 1 saturated heterocycles. The number of hydrogen-bond acceptors (Lipinski definition) is 7. The van der Waals surface area contributed by atoms with Crippen LogP contribution < -0.4 is 10.2 Å². The summed E-state index contributed by atoms with van der Waals surface area (Å²) in [5, 5.41) is 10.9. The molecular weight excluding hydrogens is 372 g/mol. The van der Waals surface area contributed by atoms with E-state index in [-0.39, 0.29) is 11.6 Å². The molecule has 0 saturated carbocycles. The molecule has 158 valence electrons. The van der Waals surface area contributed by atoms with Crippen molar-refractivity contribution in [1.29, 1.82) is 0 Å². The van der Waals surface area contributed by atoms with Gasteiger partial charge in [-0.05, 0) is 50.8 Å². The maximum atomic E-state index is 12.4. The van der Waals surface area contributed by atoms with Crippen LogP contribution in [-0.4, -0.2) is 58.5 Å². The molecule has 0 aromatic carbocycles. The highest BCUT2D eigenvalue weighted by Crippen LogP contribution is 2.18. The van der Waals surface area contributed by atoms with Crippen LogP contribution in [0.15, 0.2) is 24.5 Å². The normalized spacial score (nSPS) is 14.4. The summed E-state index contributed by atoms with van der Waals surface area (Å²) < 4.78 is 12.6. The van der Waals surface area contributed by atoms with E-state index in [2.05, 4.69) is 25.5 Å². The standard InChI is InChI=1S/C20H30N6O3/c1-3-28-19(29-4-2)15-26-14-17(23-24-26)20(27)22-13-16-8-9-21-18(12-16)25-10-6-5-7-11-25/h8-9,12,14,19H,3-7,10-11,13,15H2,1-2H3,(H,22,27). The molecule has 0 spiro atoms. The van der Waals surface area contributed by atoms with Crippen LogP contribution in [0.2, 0.25) is 0 Å². The summed E-state index contributed by atoms with van der Waals surface area (Å²) in [5.74, 6) is 0.706. The SMILES string of the molecule is CCOC(Cn1cc(C(=O)NCc2ccnc(N3CCCCC3)c2)nn1)OCC. The maximum absolute atomic E-state index is 12.4. The lowest BCUT2D eigenvalue weighted by molar-refractivity contribution is -0.145. The molecule has 2 aromatic rings. The Morgan fingerprint density at radius 1 is 1.21 bits per heavy atom. The summed E-state index contributed by atoms with van der Waals surface area (Å²) in [7, 11) is 0. The molecule has 1 N–H and O–H groups in total. The largest absolute Gasteiger partial charge is 0.357 e. The highest BCUT2D eigenvalue weighted by atomic mass is 16.7. The summed E-state index contributed by atoms with van der Waals surface area (Å²) in [6, 6.07) is 3.95. The maximum Gasteiger partial charge on any atom is 0.273 e. The van der Waals surface area contributed by atoms with E-state index in [1.165, 1.54) is 19.3 Å². The second-order valence-corrected chi connectivity index (χ2v) is 6.92. The number of nitrogens with zero attached hydrogens (tertiary/aromatic N) is 5. The lowest BCUT2D eigenvalue weighted by atomic mass is 10.1. The Morgan fingerprint density at radius 3 is 2.69 bits per heavy atom. The van der Waals surface area contributed by atoms with Crippen LogP contribution >= 0.6 is 0 Å². The van der Waals surface area contributed by atoms with Crippen molar-refractivity contribution in [3.8, 4) is 0 Å². The zero-order valence-electron chi connectivity index (χ0n) is 17.2. The van der Waals surface area contributed by atoms with E-state index in [9.17, 15) is 4.79 Å². The minimum atomic E-state index is -0.410. The molecule has 9 nitrogen and oxygen atoms in total. The zero-order valence-corrected chi connectivity index (χ0v) is 17.2. The monoisotopic (exact) mass is 402 g/mol. The second-order valence-electron chi connectivity index (χ2n) is 6.92. The number of aromatic nitrogens is 4. The van der Waals surface area contributed by atoms with Crippen LogP contribution in [-0.2, 0) is 22.6 Å². The van der Waals surface area contributed by atoms with Gasteiger partial charge in [0.1, 0.15) is 5.82 Å². The Labute approximate surface area is 171 Å². The smallest absolute Gasteiger partial charge is 0.273 e. The highest BCUT2D eigenvalue weighted by Gasteiger charge is 2.15. The Hall–Kier alpha value is -2.52. The average Bonchev–Trinajstić information content (AvgIpc) is 3.22. The molecule has 1 aliphatic heterocycles. The average molecular weight is 402 g/mol. The minimum absolute atomic E-state index is 0.266. The molecular formula is C20H30N6O3. The van der Waals surface area contributed by atoms with Gasteiger partial charge in [0.25, 0.3) is 5.91 Å². The Morgan fingerprint density at radius 2 is 1.97 bits per heavy atom. The Balaban J connectivity index is 1.54. The molecule has 0 radical (unpaired) electrons. The van der Waals surface area contributed by atoms with Crippen molar-refractivity contribution < 1.29 is 14.3 Å². The highest BCUT2D eigenvalue weighted by molar-refractivity contribution is 5.91. The summed E-state index contributed by atoms with van der Waals surface area (Å²) in [6.45, 7) is 7.76. The van der Waals surface area contributed by atoms with Crippen molar-refractivity contribution in [3.05, 3.63) is 35.8 Å². The van der Waals surface area contributed by atoms with Crippen LogP contribution in [0.1, 0.15) is 49.2 Å². The number of carbonyl (C=O) groups is 1. The predicted octanol–water partition coefficient (Wildman–Crippen LogP) is 1.99. The van der Waals surface area contributed by atoms with Gasteiger partial charge in [0.05, 0.1) is 12.7 Å². The fourth-order valence-electron chi connectivity index (χ4n) is 3.31. The van der Waals surface area contributed by atoms with E-state index in [1.54, 1.807) is 17.1 Å². The first-order valence-corrected chi connectivity index (χ1v) is 10.3. The summed E-state index contributed by atoms with van der Waals surface area (Å²) in [4.78, 5) is 19.2. The van der Waals surface area contributed by atoms with Crippen molar-refractivity contribution in [1.82, 2.24) is 25.3 Å². The van der Waals surface area contributed by atoms with Gasteiger partial charge in [-0.2, -0.15) is 0 Å². The number of carbonyl (C=O) groups excluding carboxylic acids is 1. The third-order valence-corrected chi connectivity index (χ3v) is 4.76. The quantitative estimate of drug-likeness (QED) is 0.607. The molecule has 0 atom stereocenters. The van der Waals surface area contributed by atoms with Gasteiger partial charge in [0, 0.05) is 39.0 Å². The Bertz CT molecular complexity index is 769. The van der Waals surface area contributed by atoms with Crippen LogP contribution in [0, 0.1) is 0 Å². The van der Waals surface area contributed by atoms with Crippen LogP contribution in [0.4, 0.5) is 5.82 Å². The zero-order chi connectivity index (χ0) is 20.5. The topological polar surface area (TPSA) is 94.4 Å². The molecule has 2 aromatic heterocycles. The number of ether oxygens (including phenoxy) is 2. The minimum Gasteiger partial charge on any atom is -0.357 e. The van der Waals surface area contributed by atoms with Gasteiger partial charge in [-0.1, -0.05) is 5.21 Å². The van der Waals surface area contributed by atoms with Crippen molar-refractivity contribution in [2.24, 2.45) is 0 Å². The first-order valence-electron chi connectivity index (χ1n) is 10.3. The lowest BCUT2D eigenvalue weighted by Crippen LogP contribution is -2.30. The fourth-order valence-corrected chi connectivity index (χ4v) is 3.31. The molecule has 0 aliphatic carbocycles. The summed E-state index contributed by atoms with van der Waals surface area (Å²) >= 11 is 0. The van der Waals surface area contributed by atoms with Crippen molar-refractivity contribution in [2.45, 2.75) is 52.5 Å². The van der Waals surface area contributed by atoms with Crippen molar-refractivity contribution >= 4 is 11.7 Å². The van der Waals surface area contributed by atoms with E-state index in [1.807, 2.05) is 26.0 Å². The third kappa shape index (κ3) is 6.23. The van der Waals surface area contributed by atoms with Gasteiger partial charge in [0.2, 0.25) is 0 Å². The number of anilines is 1. The molecule has 29 heavy (non-hydrogen) atoms. The van der Waals surface area contributed by atoms with Crippen molar-refractivity contribution in [3.63, 3.8) is 0 Å². The number of amides is 1. The van der Waals surface area contributed by atoms with Gasteiger partial charge < -0.3 is 19.7 Å². The van der Waals surface area contributed by atoms with Crippen molar-refractivity contribution in [2.75, 3.05) is 31.2 Å². The Kier molecular flexibility index (Phi) is 7.94. The molecule has 0 unspecified atom stereocenters. The van der Waals surface area contributed by atoms with Gasteiger partial charge in [-0.3, -0.25) is 4.79 Å². The first kappa shape index (κ1) is 21.2. The summed E-state index contributed by atoms with van der Waals surface area (Å²) in [6.07, 6.45) is 6.67.